The second-order valence-electron chi connectivity index (χ2n) is 6.15. The van der Waals surface area contributed by atoms with E-state index in [0.29, 0.717) is 11.8 Å². The van der Waals surface area contributed by atoms with Crippen molar-refractivity contribution >= 4 is 0 Å². The molecular formula is C16H26N2. The lowest BCUT2D eigenvalue weighted by atomic mass is 9.68. The van der Waals surface area contributed by atoms with Crippen LogP contribution in [0.4, 0.5) is 0 Å². The number of nitrogens with zero attached hydrogens (tertiary/aromatic N) is 1. The van der Waals surface area contributed by atoms with Gasteiger partial charge in [0.05, 0.1) is 0 Å². The molecule has 3 atom stereocenters. The minimum absolute atomic E-state index is 0.615. The van der Waals surface area contributed by atoms with Crippen LogP contribution in [0.5, 0.6) is 0 Å². The third-order valence-corrected chi connectivity index (χ3v) is 4.64. The van der Waals surface area contributed by atoms with Crippen molar-refractivity contribution in [2.24, 2.45) is 23.5 Å². The fourth-order valence-electron chi connectivity index (χ4n) is 3.26. The maximum atomic E-state index is 5.96. The van der Waals surface area contributed by atoms with Crippen molar-refractivity contribution in [3.8, 4) is 0 Å². The van der Waals surface area contributed by atoms with Crippen molar-refractivity contribution in [1.82, 2.24) is 4.98 Å². The van der Waals surface area contributed by atoms with Crippen LogP contribution in [0.1, 0.15) is 50.3 Å². The quantitative estimate of drug-likeness (QED) is 0.886. The largest absolute Gasteiger partial charge is 0.330 e. The lowest BCUT2D eigenvalue weighted by Crippen LogP contribution is -2.30. The van der Waals surface area contributed by atoms with E-state index in [1.165, 1.54) is 24.8 Å². The van der Waals surface area contributed by atoms with Crippen LogP contribution in [0.2, 0.25) is 0 Å². The molecule has 1 aromatic heterocycles. The maximum absolute atomic E-state index is 5.96. The summed E-state index contributed by atoms with van der Waals surface area (Å²) in [5.41, 5.74) is 8.45. The summed E-state index contributed by atoms with van der Waals surface area (Å²) in [5.74, 6) is 2.89. The third kappa shape index (κ3) is 2.92. The van der Waals surface area contributed by atoms with Crippen LogP contribution in [0.3, 0.4) is 0 Å². The highest BCUT2D eigenvalue weighted by atomic mass is 14.7. The molecular weight excluding hydrogens is 220 g/mol. The summed E-state index contributed by atoms with van der Waals surface area (Å²) in [6.45, 7) is 7.54. The molecule has 1 fully saturated rings. The molecule has 2 heteroatoms. The lowest BCUT2D eigenvalue weighted by molar-refractivity contribution is 0.197. The number of pyridine rings is 1. The zero-order chi connectivity index (χ0) is 13.1. The van der Waals surface area contributed by atoms with Gasteiger partial charge >= 0.3 is 0 Å². The van der Waals surface area contributed by atoms with Crippen LogP contribution >= 0.6 is 0 Å². The molecule has 1 heterocycles. The molecule has 0 saturated heterocycles. The van der Waals surface area contributed by atoms with E-state index >= 15 is 0 Å². The van der Waals surface area contributed by atoms with Gasteiger partial charge in [-0.2, -0.15) is 0 Å². The second-order valence-corrected chi connectivity index (χ2v) is 6.15. The van der Waals surface area contributed by atoms with E-state index < -0.39 is 0 Å². The van der Waals surface area contributed by atoms with Crippen LogP contribution < -0.4 is 5.73 Å². The van der Waals surface area contributed by atoms with E-state index in [1.54, 1.807) is 0 Å². The van der Waals surface area contributed by atoms with E-state index in [4.69, 9.17) is 5.73 Å². The van der Waals surface area contributed by atoms with Crippen molar-refractivity contribution in [3.63, 3.8) is 0 Å². The van der Waals surface area contributed by atoms with Crippen LogP contribution in [0.15, 0.2) is 18.3 Å². The van der Waals surface area contributed by atoms with E-state index in [2.05, 4.69) is 37.2 Å². The standard InChI is InChI=1S/C16H26N2/c1-11(2)13-6-7-14(9-17)16(8-13)15-5-4-12(3)18-10-15/h4-5,10-11,13-14,16H,6-9,17H2,1-3H3. The van der Waals surface area contributed by atoms with Gasteiger partial charge in [0.2, 0.25) is 0 Å². The molecule has 18 heavy (non-hydrogen) atoms. The van der Waals surface area contributed by atoms with E-state index in [1.807, 2.05) is 6.92 Å². The summed E-state index contributed by atoms with van der Waals surface area (Å²) in [6.07, 6.45) is 5.96. The summed E-state index contributed by atoms with van der Waals surface area (Å²) >= 11 is 0. The Balaban J connectivity index is 2.18. The van der Waals surface area contributed by atoms with Crippen molar-refractivity contribution in [1.29, 1.82) is 0 Å². The molecule has 1 aliphatic rings. The van der Waals surface area contributed by atoms with Gasteiger partial charge in [0.15, 0.2) is 0 Å². The minimum atomic E-state index is 0.615. The average Bonchev–Trinajstić information content (AvgIpc) is 2.39. The Morgan fingerprint density at radius 3 is 2.67 bits per heavy atom. The Kier molecular flexibility index (Phi) is 4.39. The van der Waals surface area contributed by atoms with Crippen molar-refractivity contribution in [3.05, 3.63) is 29.6 Å². The number of rotatable bonds is 3. The van der Waals surface area contributed by atoms with Gasteiger partial charge in [-0.15, -0.1) is 0 Å². The Labute approximate surface area is 111 Å². The van der Waals surface area contributed by atoms with Gasteiger partial charge in [0.25, 0.3) is 0 Å². The molecule has 100 valence electrons. The number of aryl methyl sites for hydroxylation is 1. The average molecular weight is 246 g/mol. The van der Waals surface area contributed by atoms with Gasteiger partial charge in [-0.3, -0.25) is 4.98 Å². The predicted octanol–water partition coefficient (Wildman–Crippen LogP) is 3.50. The van der Waals surface area contributed by atoms with Gasteiger partial charge in [0, 0.05) is 11.9 Å². The first-order chi connectivity index (χ1) is 8.61. The Hall–Kier alpha value is -0.890. The molecule has 0 spiro atoms. The summed E-state index contributed by atoms with van der Waals surface area (Å²) in [7, 11) is 0. The van der Waals surface area contributed by atoms with E-state index in [9.17, 15) is 0 Å². The highest BCUT2D eigenvalue weighted by molar-refractivity contribution is 5.19. The van der Waals surface area contributed by atoms with E-state index in [0.717, 1.165) is 24.1 Å². The number of hydrogen-bond donors (Lipinski definition) is 1. The first-order valence-corrected chi connectivity index (χ1v) is 7.24. The van der Waals surface area contributed by atoms with Crippen molar-refractivity contribution < 1.29 is 0 Å². The van der Waals surface area contributed by atoms with Crippen molar-refractivity contribution in [2.45, 2.75) is 46.0 Å². The van der Waals surface area contributed by atoms with Gasteiger partial charge in [-0.25, -0.2) is 0 Å². The minimum Gasteiger partial charge on any atom is -0.330 e. The number of hydrogen-bond acceptors (Lipinski definition) is 2. The number of aromatic nitrogens is 1. The van der Waals surface area contributed by atoms with Crippen LogP contribution in [0, 0.1) is 24.7 Å². The van der Waals surface area contributed by atoms with Crippen molar-refractivity contribution in [2.75, 3.05) is 6.54 Å². The highest BCUT2D eigenvalue weighted by Gasteiger charge is 2.32. The zero-order valence-electron chi connectivity index (χ0n) is 11.9. The zero-order valence-corrected chi connectivity index (χ0v) is 11.9. The topological polar surface area (TPSA) is 38.9 Å². The monoisotopic (exact) mass is 246 g/mol. The maximum Gasteiger partial charge on any atom is 0.0372 e. The predicted molar refractivity (Wildman–Crippen MR) is 76.4 cm³/mol. The van der Waals surface area contributed by atoms with Gasteiger partial charge < -0.3 is 5.73 Å². The van der Waals surface area contributed by atoms with Crippen LogP contribution in [0.25, 0.3) is 0 Å². The Morgan fingerprint density at radius 2 is 2.11 bits per heavy atom. The SMILES string of the molecule is Cc1ccc(C2CC(C(C)C)CCC2CN)cn1. The Bertz CT molecular complexity index is 369. The highest BCUT2D eigenvalue weighted by Crippen LogP contribution is 2.42. The van der Waals surface area contributed by atoms with E-state index in [-0.39, 0.29) is 0 Å². The molecule has 0 radical (unpaired) electrons. The van der Waals surface area contributed by atoms with Crippen LogP contribution in [-0.4, -0.2) is 11.5 Å². The molecule has 3 unspecified atom stereocenters. The normalized spacial score (nSPS) is 28.6. The third-order valence-electron chi connectivity index (χ3n) is 4.64. The molecule has 2 rings (SSSR count). The number of nitrogens with two attached hydrogens (primary N) is 1. The molecule has 0 bridgehead atoms. The molecule has 0 aromatic carbocycles. The molecule has 1 saturated carbocycles. The Morgan fingerprint density at radius 1 is 1.33 bits per heavy atom. The molecule has 0 amide bonds. The first kappa shape index (κ1) is 13.5. The van der Waals surface area contributed by atoms with Gasteiger partial charge in [-0.05, 0) is 68.0 Å². The lowest BCUT2D eigenvalue weighted by Gasteiger charge is -2.37. The van der Waals surface area contributed by atoms with Gasteiger partial charge in [0.1, 0.15) is 0 Å². The second kappa shape index (κ2) is 5.83. The molecule has 1 aromatic rings. The van der Waals surface area contributed by atoms with Gasteiger partial charge in [-0.1, -0.05) is 19.9 Å². The molecule has 0 aliphatic heterocycles. The molecule has 2 N–H and O–H groups in total. The smallest absolute Gasteiger partial charge is 0.0372 e. The fraction of sp³-hybridized carbons (Fsp3) is 0.688. The summed E-state index contributed by atoms with van der Waals surface area (Å²) in [6, 6.07) is 4.38. The summed E-state index contributed by atoms with van der Waals surface area (Å²) in [5, 5.41) is 0. The summed E-state index contributed by atoms with van der Waals surface area (Å²) < 4.78 is 0. The first-order valence-electron chi connectivity index (χ1n) is 7.24. The fourth-order valence-corrected chi connectivity index (χ4v) is 3.26. The summed E-state index contributed by atoms with van der Waals surface area (Å²) in [4.78, 5) is 4.45. The van der Waals surface area contributed by atoms with Crippen LogP contribution in [-0.2, 0) is 0 Å². The molecule has 1 aliphatic carbocycles. The molecule has 2 nitrogen and oxygen atoms in total.